The molecule has 4 nitrogen and oxygen atoms in total. The molecule has 1 aromatic rings. The van der Waals surface area contributed by atoms with Crippen molar-refractivity contribution in [2.45, 2.75) is 25.6 Å². The smallest absolute Gasteiger partial charge is 0.226 e. The fourth-order valence-electron chi connectivity index (χ4n) is 3.26. The summed E-state index contributed by atoms with van der Waals surface area (Å²) >= 11 is 0. The Labute approximate surface area is 113 Å². The summed E-state index contributed by atoms with van der Waals surface area (Å²) in [6.45, 7) is 6.16. The molecule has 0 saturated carbocycles. The van der Waals surface area contributed by atoms with Crippen LogP contribution in [0.3, 0.4) is 0 Å². The second-order valence-corrected chi connectivity index (χ2v) is 5.52. The first-order valence-electron chi connectivity index (χ1n) is 6.67. The molecule has 0 aromatic heterocycles. The topological polar surface area (TPSA) is 55.6 Å². The van der Waals surface area contributed by atoms with Crippen LogP contribution < -0.4 is 5.73 Å². The monoisotopic (exact) mass is 526 g/mol. The summed E-state index contributed by atoms with van der Waals surface area (Å²) in [5.74, 6) is 0.272. The molecule has 0 spiro atoms. The van der Waals surface area contributed by atoms with Crippen molar-refractivity contribution in [2.24, 2.45) is 17.6 Å². The number of nitrogens with zero attached hydrogens (tertiary/aromatic N) is 1. The van der Waals surface area contributed by atoms with Crippen LogP contribution in [0.5, 0.6) is 0 Å². The summed E-state index contributed by atoms with van der Waals surface area (Å²) in [4.78, 5) is 14.3. The molecule has 0 radical (unpaired) electrons. The van der Waals surface area contributed by atoms with Crippen molar-refractivity contribution in [3.05, 3.63) is 42.4 Å². The number of amides is 1. The second-order valence-electron chi connectivity index (χ2n) is 5.52. The van der Waals surface area contributed by atoms with E-state index in [0.717, 1.165) is 5.56 Å². The first-order chi connectivity index (χ1) is 9.12. The molecule has 3 rings (SSSR count). The number of benzene rings is 1. The molecule has 2 aliphatic heterocycles. The first kappa shape index (κ1) is 14.0. The maximum Gasteiger partial charge on any atom is 0.226 e. The van der Waals surface area contributed by atoms with Crippen molar-refractivity contribution in [1.29, 1.82) is 0 Å². The van der Waals surface area contributed by atoms with Crippen molar-refractivity contribution in [2.75, 3.05) is 6.61 Å². The van der Waals surface area contributed by atoms with E-state index >= 15 is 0 Å². The third kappa shape index (κ3) is 1.53. The minimum absolute atomic E-state index is 0. The molecule has 104 valence electrons. The van der Waals surface area contributed by atoms with Crippen LogP contribution in [0.2, 0.25) is 0 Å². The quantitative estimate of drug-likeness (QED) is 0.598. The van der Waals surface area contributed by atoms with Gasteiger partial charge in [-0.1, -0.05) is 44.2 Å². The molecule has 2 heterocycles. The summed E-state index contributed by atoms with van der Waals surface area (Å²) in [6, 6.07) is 9.84. The Kier molecular flexibility index (Phi) is 3.24. The molecule has 5 heteroatoms. The standard InChI is InChI=1S/C15H19N2O2.Rf/c1-10-11(2)15(8-16)9-19-14(17(15)13(10)18)12-6-4-3-5-7-12;/h3-8,10-11,14H,9,16H2,1-2H3;/q-1;/t10?,11-,14?,15-;/m0./s1. The molecule has 2 unspecified atom stereocenters. The number of ether oxygens (including phenoxy) is 1. The number of hydrogen-bond acceptors (Lipinski definition) is 3. The minimum atomic E-state index is -0.461. The van der Waals surface area contributed by atoms with Crippen molar-refractivity contribution in [3.63, 3.8) is 0 Å². The Morgan fingerprint density at radius 1 is 1.35 bits per heavy atom. The van der Waals surface area contributed by atoms with Crippen molar-refractivity contribution >= 4 is 5.91 Å². The number of hydrogen-bond donors (Lipinski definition) is 1. The van der Waals surface area contributed by atoms with Gasteiger partial charge in [0, 0.05) is 18.1 Å². The van der Waals surface area contributed by atoms with Gasteiger partial charge < -0.3 is 15.4 Å². The van der Waals surface area contributed by atoms with Gasteiger partial charge in [-0.15, -0.1) is 0 Å². The van der Waals surface area contributed by atoms with E-state index in [4.69, 9.17) is 10.5 Å². The van der Waals surface area contributed by atoms with E-state index in [1.165, 1.54) is 0 Å². The Bertz CT molecular complexity index is 496. The van der Waals surface area contributed by atoms with Crippen molar-refractivity contribution in [1.82, 2.24) is 4.90 Å². The van der Waals surface area contributed by atoms with Gasteiger partial charge in [0.05, 0.1) is 0 Å². The van der Waals surface area contributed by atoms with E-state index in [9.17, 15) is 4.79 Å². The van der Waals surface area contributed by atoms with Crippen molar-refractivity contribution in [3.8, 4) is 0 Å². The Balaban J connectivity index is 0.00000147. The second kappa shape index (κ2) is 4.62. The third-order valence-corrected chi connectivity index (χ3v) is 4.69. The van der Waals surface area contributed by atoms with Crippen LogP contribution in [0, 0.1) is 18.4 Å². The molecular weight excluding hydrogens is 507 g/mol. The fraction of sp³-hybridized carbons (Fsp3) is 0.467. The van der Waals surface area contributed by atoms with Gasteiger partial charge in [-0.2, -0.15) is 0 Å². The third-order valence-electron chi connectivity index (χ3n) is 4.69. The van der Waals surface area contributed by atoms with Crippen LogP contribution in [0.25, 0.3) is 0 Å². The van der Waals surface area contributed by atoms with Crippen LogP contribution in [-0.2, 0) is 9.53 Å². The van der Waals surface area contributed by atoms with E-state index < -0.39 is 5.54 Å². The SMILES string of the molecule is CC1C(=O)N2C(c3ccccc3)OC[C@@]2([CH-]N)[C@H]1C.[Rf]. The van der Waals surface area contributed by atoms with Gasteiger partial charge in [-0.3, -0.25) is 4.79 Å². The summed E-state index contributed by atoms with van der Waals surface area (Å²) in [7, 11) is 0. The molecule has 4 atom stereocenters. The zero-order valence-corrected chi connectivity index (χ0v) is 18.4. The van der Waals surface area contributed by atoms with Gasteiger partial charge in [0.15, 0.2) is 6.23 Å². The molecule has 2 aliphatic rings. The van der Waals surface area contributed by atoms with Crippen LogP contribution in [0.1, 0.15) is 25.6 Å². The first-order valence-corrected chi connectivity index (χ1v) is 6.67. The van der Waals surface area contributed by atoms with E-state index in [-0.39, 0.29) is 24.0 Å². The number of carbonyl (C=O) groups excluding carboxylic acids is 1. The largest absolute Gasteiger partial charge is 0.481 e. The van der Waals surface area contributed by atoms with Gasteiger partial charge in [-0.05, 0) is 11.5 Å². The Morgan fingerprint density at radius 2 is 2.00 bits per heavy atom. The molecule has 0 aliphatic carbocycles. The van der Waals surface area contributed by atoms with Gasteiger partial charge >= 0.3 is 0 Å². The van der Waals surface area contributed by atoms with Gasteiger partial charge in [0.2, 0.25) is 5.91 Å². The minimum Gasteiger partial charge on any atom is -0.481 e. The molecule has 20 heavy (non-hydrogen) atoms. The van der Waals surface area contributed by atoms with Crippen LogP contribution in [0.15, 0.2) is 30.3 Å². The van der Waals surface area contributed by atoms with Crippen molar-refractivity contribution < 1.29 is 9.53 Å². The molecule has 0 bridgehead atoms. The van der Waals surface area contributed by atoms with Crippen LogP contribution in [-0.4, -0.2) is 23.0 Å². The summed E-state index contributed by atoms with van der Waals surface area (Å²) < 4.78 is 5.88. The average molecular weight is 526 g/mol. The summed E-state index contributed by atoms with van der Waals surface area (Å²) in [6.07, 6.45) is -0.319. The molecular formula is C15H19N2O2Rf-. The molecule has 2 N–H and O–H groups in total. The van der Waals surface area contributed by atoms with Gasteiger partial charge in [-0.25, -0.2) is 6.54 Å². The van der Waals surface area contributed by atoms with Gasteiger partial charge in [0.1, 0.15) is 0 Å². The summed E-state index contributed by atoms with van der Waals surface area (Å²) in [5, 5.41) is 0. The Morgan fingerprint density at radius 3 is 2.60 bits per heavy atom. The van der Waals surface area contributed by atoms with E-state index in [1.807, 2.05) is 42.2 Å². The number of rotatable bonds is 2. The maximum atomic E-state index is 12.5. The zero-order valence-electron chi connectivity index (χ0n) is 12.0. The van der Waals surface area contributed by atoms with E-state index in [0.29, 0.717) is 6.61 Å². The predicted molar refractivity (Wildman–Crippen MR) is 71.5 cm³/mol. The summed E-state index contributed by atoms with van der Waals surface area (Å²) in [5.41, 5.74) is 6.41. The number of carbonyl (C=O) groups is 1. The normalized spacial score (nSPS) is 35.9. The molecule has 2 saturated heterocycles. The van der Waals surface area contributed by atoms with Crippen LogP contribution in [0.4, 0.5) is 0 Å². The number of nitrogens with two attached hydrogens (primary N) is 1. The maximum absolute atomic E-state index is 12.5. The average Bonchev–Trinajstić information content (AvgIpc) is 2.93. The molecule has 1 amide bonds. The molecule has 2 fully saturated rings. The fourth-order valence-corrected chi connectivity index (χ4v) is 3.26. The van der Waals surface area contributed by atoms with E-state index in [1.54, 1.807) is 6.54 Å². The van der Waals surface area contributed by atoms with Gasteiger partial charge in [0.25, 0.3) is 0 Å². The van der Waals surface area contributed by atoms with Crippen LogP contribution >= 0.6 is 0 Å². The Hall–Kier alpha value is -2.39. The number of fused-ring (bicyclic) bond motifs is 1. The van der Waals surface area contributed by atoms with E-state index in [2.05, 4.69) is 6.92 Å². The zero-order chi connectivity index (χ0) is 13.6. The molecule has 1 aromatic carbocycles. The predicted octanol–water partition coefficient (Wildman–Crippen LogP) is 1.69.